The third-order valence-electron chi connectivity index (χ3n) is 3.78. The van der Waals surface area contributed by atoms with Crippen LogP contribution in [0.2, 0.25) is 0 Å². The number of hydrogen-bond donors (Lipinski definition) is 1. The Labute approximate surface area is 142 Å². The van der Waals surface area contributed by atoms with E-state index in [1.54, 1.807) is 12.1 Å². The van der Waals surface area contributed by atoms with Crippen LogP contribution in [0, 0.1) is 0 Å². The average molecular weight is 326 g/mol. The zero-order valence-electron chi connectivity index (χ0n) is 14.0. The highest BCUT2D eigenvalue weighted by Gasteiger charge is 2.08. The van der Waals surface area contributed by atoms with Crippen molar-refractivity contribution in [2.75, 3.05) is 7.11 Å². The predicted octanol–water partition coefficient (Wildman–Crippen LogP) is 2.68. The fraction of sp³-hybridized carbons (Fsp3) is 0.316. The molecule has 0 fully saturated rings. The first-order valence-electron chi connectivity index (χ1n) is 8.00. The molecule has 0 unspecified atom stereocenters. The Morgan fingerprint density at radius 1 is 1.12 bits per heavy atom. The largest absolute Gasteiger partial charge is 0.465 e. The molecular formula is C19H22N2O3. The van der Waals surface area contributed by atoms with E-state index in [0.29, 0.717) is 30.6 Å². The van der Waals surface area contributed by atoms with Gasteiger partial charge >= 0.3 is 5.97 Å². The SMILES string of the molecule is CCc1ccc(CCC(=O)NCc2cc(C(=O)OC)ccn2)cc1. The summed E-state index contributed by atoms with van der Waals surface area (Å²) in [5.74, 6) is -0.458. The summed E-state index contributed by atoms with van der Waals surface area (Å²) in [5.41, 5.74) is 3.49. The monoisotopic (exact) mass is 326 g/mol. The molecule has 1 aromatic carbocycles. The van der Waals surface area contributed by atoms with Crippen LogP contribution in [0.1, 0.15) is 40.5 Å². The number of aryl methyl sites for hydroxylation is 2. The molecule has 0 spiro atoms. The molecule has 0 aliphatic rings. The highest BCUT2D eigenvalue weighted by molar-refractivity contribution is 5.89. The molecule has 1 amide bonds. The van der Waals surface area contributed by atoms with Crippen molar-refractivity contribution in [1.82, 2.24) is 10.3 Å². The number of aromatic nitrogens is 1. The second kappa shape index (κ2) is 8.82. The van der Waals surface area contributed by atoms with Gasteiger partial charge in [0, 0.05) is 12.6 Å². The van der Waals surface area contributed by atoms with Crippen molar-refractivity contribution >= 4 is 11.9 Å². The molecule has 1 aromatic heterocycles. The number of ether oxygens (including phenoxy) is 1. The molecular weight excluding hydrogens is 304 g/mol. The maximum absolute atomic E-state index is 12.0. The number of esters is 1. The molecule has 5 heteroatoms. The van der Waals surface area contributed by atoms with Gasteiger partial charge in [-0.2, -0.15) is 0 Å². The Morgan fingerprint density at radius 3 is 2.50 bits per heavy atom. The summed E-state index contributed by atoms with van der Waals surface area (Å²) < 4.78 is 4.67. The summed E-state index contributed by atoms with van der Waals surface area (Å²) in [5, 5.41) is 2.82. The van der Waals surface area contributed by atoms with Gasteiger partial charge in [0.2, 0.25) is 5.91 Å². The maximum Gasteiger partial charge on any atom is 0.337 e. The van der Waals surface area contributed by atoms with E-state index in [1.807, 2.05) is 0 Å². The molecule has 5 nitrogen and oxygen atoms in total. The van der Waals surface area contributed by atoms with Crippen molar-refractivity contribution in [2.45, 2.75) is 32.7 Å². The third kappa shape index (κ3) is 5.19. The molecule has 0 bridgehead atoms. The highest BCUT2D eigenvalue weighted by Crippen LogP contribution is 2.08. The van der Waals surface area contributed by atoms with Gasteiger partial charge in [-0.3, -0.25) is 9.78 Å². The Morgan fingerprint density at radius 2 is 1.83 bits per heavy atom. The van der Waals surface area contributed by atoms with E-state index in [2.05, 4.69) is 46.2 Å². The van der Waals surface area contributed by atoms with Crippen LogP contribution in [-0.2, 0) is 28.9 Å². The second-order valence-electron chi connectivity index (χ2n) is 5.47. The van der Waals surface area contributed by atoms with Gasteiger partial charge in [-0.05, 0) is 36.1 Å². The zero-order chi connectivity index (χ0) is 17.4. The Hall–Kier alpha value is -2.69. The average Bonchev–Trinajstić information content (AvgIpc) is 2.64. The van der Waals surface area contributed by atoms with Crippen LogP contribution in [0.5, 0.6) is 0 Å². The minimum atomic E-state index is -0.416. The van der Waals surface area contributed by atoms with E-state index in [0.717, 1.165) is 12.0 Å². The van der Waals surface area contributed by atoms with Gasteiger partial charge in [-0.25, -0.2) is 4.79 Å². The van der Waals surface area contributed by atoms with Crippen LogP contribution in [0.15, 0.2) is 42.6 Å². The first kappa shape index (κ1) is 17.7. The molecule has 126 valence electrons. The van der Waals surface area contributed by atoms with Gasteiger partial charge in [0.05, 0.1) is 24.9 Å². The van der Waals surface area contributed by atoms with Gasteiger partial charge in [-0.15, -0.1) is 0 Å². The van der Waals surface area contributed by atoms with Crippen molar-refractivity contribution in [3.63, 3.8) is 0 Å². The van der Waals surface area contributed by atoms with E-state index in [1.165, 1.54) is 18.9 Å². The number of carbonyl (C=O) groups is 2. The van der Waals surface area contributed by atoms with Crippen LogP contribution >= 0.6 is 0 Å². The van der Waals surface area contributed by atoms with E-state index < -0.39 is 5.97 Å². The van der Waals surface area contributed by atoms with Gasteiger partial charge in [0.1, 0.15) is 0 Å². The molecule has 0 aliphatic heterocycles. The van der Waals surface area contributed by atoms with Gasteiger partial charge in [-0.1, -0.05) is 31.2 Å². The lowest BCUT2D eigenvalue weighted by atomic mass is 10.1. The van der Waals surface area contributed by atoms with Gasteiger partial charge in [0.25, 0.3) is 0 Å². The molecule has 2 aromatic rings. The summed E-state index contributed by atoms with van der Waals surface area (Å²) in [6.07, 6.45) is 3.66. The van der Waals surface area contributed by atoms with E-state index in [-0.39, 0.29) is 5.91 Å². The Kier molecular flexibility index (Phi) is 6.49. The molecule has 2 rings (SSSR count). The van der Waals surface area contributed by atoms with Crippen LogP contribution in [0.4, 0.5) is 0 Å². The smallest absolute Gasteiger partial charge is 0.337 e. The molecule has 1 N–H and O–H groups in total. The number of nitrogens with zero attached hydrogens (tertiary/aromatic N) is 1. The number of amides is 1. The van der Waals surface area contributed by atoms with Crippen LogP contribution in [-0.4, -0.2) is 24.0 Å². The molecule has 0 atom stereocenters. The van der Waals surface area contributed by atoms with Crippen molar-refractivity contribution in [2.24, 2.45) is 0 Å². The predicted molar refractivity (Wildman–Crippen MR) is 91.6 cm³/mol. The maximum atomic E-state index is 12.0. The standard InChI is InChI=1S/C19H22N2O3/c1-3-14-4-6-15(7-5-14)8-9-18(22)21-13-17-12-16(10-11-20-17)19(23)24-2/h4-7,10-12H,3,8-9,13H2,1-2H3,(H,21,22). The number of carbonyl (C=O) groups excluding carboxylic acids is 2. The zero-order valence-corrected chi connectivity index (χ0v) is 14.0. The summed E-state index contributed by atoms with van der Waals surface area (Å²) >= 11 is 0. The minimum absolute atomic E-state index is 0.0418. The van der Waals surface area contributed by atoms with Gasteiger partial charge in [0.15, 0.2) is 0 Å². The Balaban J connectivity index is 1.81. The summed E-state index contributed by atoms with van der Waals surface area (Å²) in [6, 6.07) is 11.5. The van der Waals surface area contributed by atoms with Crippen molar-refractivity contribution < 1.29 is 14.3 Å². The van der Waals surface area contributed by atoms with Crippen LogP contribution < -0.4 is 5.32 Å². The third-order valence-corrected chi connectivity index (χ3v) is 3.78. The van der Waals surface area contributed by atoms with Crippen LogP contribution in [0.25, 0.3) is 0 Å². The van der Waals surface area contributed by atoms with Crippen molar-refractivity contribution in [3.05, 3.63) is 65.0 Å². The number of pyridine rings is 1. The Bertz CT molecular complexity index is 696. The first-order chi connectivity index (χ1) is 11.6. The fourth-order valence-corrected chi connectivity index (χ4v) is 2.30. The summed E-state index contributed by atoms with van der Waals surface area (Å²) in [7, 11) is 1.33. The lowest BCUT2D eigenvalue weighted by molar-refractivity contribution is -0.121. The molecule has 1 heterocycles. The van der Waals surface area contributed by atoms with E-state index >= 15 is 0 Å². The fourth-order valence-electron chi connectivity index (χ4n) is 2.30. The van der Waals surface area contributed by atoms with Gasteiger partial charge < -0.3 is 10.1 Å². The normalized spacial score (nSPS) is 10.2. The number of hydrogen-bond acceptors (Lipinski definition) is 4. The topological polar surface area (TPSA) is 68.3 Å². The highest BCUT2D eigenvalue weighted by atomic mass is 16.5. The number of methoxy groups -OCH3 is 1. The molecule has 0 saturated heterocycles. The van der Waals surface area contributed by atoms with E-state index in [9.17, 15) is 9.59 Å². The molecule has 0 aliphatic carbocycles. The summed E-state index contributed by atoms with van der Waals surface area (Å²) in [4.78, 5) is 27.6. The van der Waals surface area contributed by atoms with E-state index in [4.69, 9.17) is 0 Å². The minimum Gasteiger partial charge on any atom is -0.465 e. The van der Waals surface area contributed by atoms with Crippen molar-refractivity contribution in [3.8, 4) is 0 Å². The van der Waals surface area contributed by atoms with Crippen LogP contribution in [0.3, 0.4) is 0 Å². The second-order valence-corrected chi connectivity index (χ2v) is 5.47. The number of nitrogens with one attached hydrogen (secondary N) is 1. The lowest BCUT2D eigenvalue weighted by Gasteiger charge is -2.07. The lowest BCUT2D eigenvalue weighted by Crippen LogP contribution is -2.23. The van der Waals surface area contributed by atoms with Crippen molar-refractivity contribution in [1.29, 1.82) is 0 Å². The number of benzene rings is 1. The molecule has 0 radical (unpaired) electrons. The number of rotatable bonds is 7. The molecule has 0 saturated carbocycles. The molecule has 24 heavy (non-hydrogen) atoms. The first-order valence-corrected chi connectivity index (χ1v) is 8.00. The summed E-state index contributed by atoms with van der Waals surface area (Å²) in [6.45, 7) is 2.41. The quantitative estimate of drug-likeness (QED) is 0.794.